The molecule has 0 saturated heterocycles. The summed E-state index contributed by atoms with van der Waals surface area (Å²) in [6, 6.07) is 2.17. The Labute approximate surface area is 93.5 Å². The second-order valence-corrected chi connectivity index (χ2v) is 5.75. The van der Waals surface area contributed by atoms with Gasteiger partial charge in [0, 0.05) is 31.5 Å². The third-order valence-electron chi connectivity index (χ3n) is 2.55. The van der Waals surface area contributed by atoms with Crippen LogP contribution in [0.25, 0.3) is 0 Å². The van der Waals surface area contributed by atoms with Crippen LogP contribution < -0.4 is 5.32 Å². The number of rotatable bonds is 7. The van der Waals surface area contributed by atoms with E-state index in [4.69, 9.17) is 10.4 Å². The van der Waals surface area contributed by atoms with E-state index in [1.807, 2.05) is 13.8 Å². The molecule has 2 N–H and O–H groups in total. The van der Waals surface area contributed by atoms with Gasteiger partial charge in [0.05, 0.1) is 6.07 Å². The summed E-state index contributed by atoms with van der Waals surface area (Å²) in [5, 5.41) is 21.0. The average Bonchev–Trinajstić information content (AvgIpc) is 2.14. The number of nitriles is 1. The molecule has 0 amide bonds. The van der Waals surface area contributed by atoms with Crippen molar-refractivity contribution in [3.63, 3.8) is 0 Å². The van der Waals surface area contributed by atoms with E-state index in [1.54, 1.807) is 0 Å². The lowest BCUT2D eigenvalue weighted by molar-refractivity contribution is 0.151. The minimum absolute atomic E-state index is 0.0642. The predicted molar refractivity (Wildman–Crippen MR) is 62.4 cm³/mol. The number of aliphatic hydroxyl groups excluding tert-OH is 1. The van der Waals surface area contributed by atoms with Gasteiger partial charge in [-0.15, -0.1) is 0 Å². The fourth-order valence-corrected chi connectivity index (χ4v) is 1.28. The number of nitrogens with zero attached hydrogens (tertiary/aromatic N) is 1. The summed E-state index contributed by atoms with van der Waals surface area (Å²) in [6.45, 7) is 10.3. The molecule has 0 bridgehead atoms. The molecule has 0 aliphatic heterocycles. The standard InChI is InChI=1S/C12H24N2O/c1-11(2,6-5-7-13)8-14-9-12(3,4)10-15/h14-15H,5-6,8-10H2,1-4H3. The molecule has 3 nitrogen and oxygen atoms in total. The summed E-state index contributed by atoms with van der Waals surface area (Å²) in [4.78, 5) is 0. The molecule has 0 atom stereocenters. The lowest BCUT2D eigenvalue weighted by atomic mass is 9.87. The lowest BCUT2D eigenvalue weighted by Gasteiger charge is -2.28. The van der Waals surface area contributed by atoms with Crippen LogP contribution in [0, 0.1) is 22.2 Å². The van der Waals surface area contributed by atoms with Gasteiger partial charge in [0.2, 0.25) is 0 Å². The maximum absolute atomic E-state index is 9.08. The third kappa shape index (κ3) is 7.35. The molecule has 0 aromatic carbocycles. The molecular weight excluding hydrogens is 188 g/mol. The Hall–Kier alpha value is -0.590. The van der Waals surface area contributed by atoms with E-state index in [0.717, 1.165) is 19.5 Å². The van der Waals surface area contributed by atoms with Crippen LogP contribution in [-0.2, 0) is 0 Å². The summed E-state index contributed by atoms with van der Waals surface area (Å²) >= 11 is 0. The molecule has 3 heteroatoms. The second-order valence-electron chi connectivity index (χ2n) is 5.75. The maximum atomic E-state index is 9.08. The largest absolute Gasteiger partial charge is 0.396 e. The van der Waals surface area contributed by atoms with Crippen LogP contribution in [0.3, 0.4) is 0 Å². The lowest BCUT2D eigenvalue weighted by Crippen LogP contribution is -2.37. The number of hydrogen-bond acceptors (Lipinski definition) is 3. The normalized spacial score (nSPS) is 12.5. The van der Waals surface area contributed by atoms with Crippen molar-refractivity contribution in [1.29, 1.82) is 5.26 Å². The molecule has 0 aliphatic carbocycles. The molecule has 0 fully saturated rings. The van der Waals surface area contributed by atoms with Crippen LogP contribution in [0.4, 0.5) is 0 Å². The first-order valence-corrected chi connectivity index (χ1v) is 5.51. The zero-order chi connectivity index (χ0) is 11.9. The SMILES string of the molecule is CC(C)(CO)CNCC(C)(C)CCC#N. The Kier molecular flexibility index (Phi) is 5.85. The highest BCUT2D eigenvalue weighted by molar-refractivity contribution is 4.80. The summed E-state index contributed by atoms with van der Waals surface area (Å²) in [5.41, 5.74) is 0.0899. The van der Waals surface area contributed by atoms with Crippen LogP contribution in [0.15, 0.2) is 0 Å². The Bertz CT molecular complexity index is 216. The van der Waals surface area contributed by atoms with Crippen LogP contribution in [0.1, 0.15) is 40.5 Å². The minimum atomic E-state index is -0.0642. The average molecular weight is 212 g/mol. The molecule has 88 valence electrons. The van der Waals surface area contributed by atoms with Crippen molar-refractivity contribution < 1.29 is 5.11 Å². The van der Waals surface area contributed by atoms with Crippen LogP contribution in [-0.4, -0.2) is 24.8 Å². The van der Waals surface area contributed by atoms with Gasteiger partial charge in [0.1, 0.15) is 0 Å². The first-order valence-electron chi connectivity index (χ1n) is 5.51. The Morgan fingerprint density at radius 1 is 1.13 bits per heavy atom. The van der Waals surface area contributed by atoms with Crippen molar-refractivity contribution in [2.75, 3.05) is 19.7 Å². The Balaban J connectivity index is 3.80. The first-order chi connectivity index (χ1) is 6.83. The van der Waals surface area contributed by atoms with E-state index in [0.29, 0.717) is 6.42 Å². The van der Waals surface area contributed by atoms with Crippen molar-refractivity contribution in [1.82, 2.24) is 5.32 Å². The molecule has 0 heterocycles. The fourth-order valence-electron chi connectivity index (χ4n) is 1.28. The molecule has 15 heavy (non-hydrogen) atoms. The molecular formula is C12H24N2O. The number of aliphatic hydroxyl groups is 1. The predicted octanol–water partition coefficient (Wildman–Crippen LogP) is 1.92. The van der Waals surface area contributed by atoms with E-state index in [2.05, 4.69) is 25.2 Å². The third-order valence-corrected chi connectivity index (χ3v) is 2.55. The van der Waals surface area contributed by atoms with Crippen LogP contribution in [0.2, 0.25) is 0 Å². The molecule has 0 aromatic rings. The van der Waals surface area contributed by atoms with Gasteiger partial charge >= 0.3 is 0 Å². The second kappa shape index (κ2) is 6.09. The van der Waals surface area contributed by atoms with Crippen molar-refractivity contribution in [3.05, 3.63) is 0 Å². The van der Waals surface area contributed by atoms with Gasteiger partial charge in [-0.3, -0.25) is 0 Å². The monoisotopic (exact) mass is 212 g/mol. The molecule has 0 unspecified atom stereocenters. The van der Waals surface area contributed by atoms with E-state index in [1.165, 1.54) is 0 Å². The van der Waals surface area contributed by atoms with E-state index in [9.17, 15) is 0 Å². The van der Waals surface area contributed by atoms with E-state index in [-0.39, 0.29) is 17.4 Å². The molecule has 0 radical (unpaired) electrons. The zero-order valence-electron chi connectivity index (χ0n) is 10.4. The Morgan fingerprint density at radius 2 is 1.67 bits per heavy atom. The highest BCUT2D eigenvalue weighted by atomic mass is 16.3. The van der Waals surface area contributed by atoms with Gasteiger partial charge in [-0.2, -0.15) is 5.26 Å². The van der Waals surface area contributed by atoms with Gasteiger partial charge in [-0.1, -0.05) is 27.7 Å². The molecule has 0 aromatic heterocycles. The number of hydrogen-bond donors (Lipinski definition) is 2. The van der Waals surface area contributed by atoms with Gasteiger partial charge in [-0.25, -0.2) is 0 Å². The quantitative estimate of drug-likeness (QED) is 0.678. The number of nitrogens with one attached hydrogen (secondary N) is 1. The summed E-state index contributed by atoms with van der Waals surface area (Å²) in [7, 11) is 0. The van der Waals surface area contributed by atoms with Crippen molar-refractivity contribution in [3.8, 4) is 6.07 Å². The maximum Gasteiger partial charge on any atom is 0.0621 e. The van der Waals surface area contributed by atoms with Crippen molar-refractivity contribution >= 4 is 0 Å². The smallest absolute Gasteiger partial charge is 0.0621 e. The molecule has 0 aliphatic rings. The summed E-state index contributed by atoms with van der Waals surface area (Å²) in [6.07, 6.45) is 1.52. The van der Waals surface area contributed by atoms with E-state index < -0.39 is 0 Å². The first kappa shape index (κ1) is 14.4. The zero-order valence-corrected chi connectivity index (χ0v) is 10.4. The Morgan fingerprint density at radius 3 is 2.13 bits per heavy atom. The van der Waals surface area contributed by atoms with Gasteiger partial charge in [0.15, 0.2) is 0 Å². The van der Waals surface area contributed by atoms with Crippen molar-refractivity contribution in [2.24, 2.45) is 10.8 Å². The minimum Gasteiger partial charge on any atom is -0.396 e. The van der Waals surface area contributed by atoms with Gasteiger partial charge < -0.3 is 10.4 Å². The van der Waals surface area contributed by atoms with Gasteiger partial charge in [-0.05, 0) is 11.8 Å². The molecule has 0 saturated carbocycles. The highest BCUT2D eigenvalue weighted by Gasteiger charge is 2.20. The fraction of sp³-hybridized carbons (Fsp3) is 0.917. The highest BCUT2D eigenvalue weighted by Crippen LogP contribution is 2.21. The summed E-state index contributed by atoms with van der Waals surface area (Å²) in [5.74, 6) is 0. The molecule has 0 spiro atoms. The van der Waals surface area contributed by atoms with E-state index >= 15 is 0 Å². The topological polar surface area (TPSA) is 56.0 Å². The van der Waals surface area contributed by atoms with Gasteiger partial charge in [0.25, 0.3) is 0 Å². The van der Waals surface area contributed by atoms with Crippen molar-refractivity contribution in [2.45, 2.75) is 40.5 Å². The summed E-state index contributed by atoms with van der Waals surface area (Å²) < 4.78 is 0. The molecule has 0 rings (SSSR count). The van der Waals surface area contributed by atoms with Crippen LogP contribution >= 0.6 is 0 Å². The van der Waals surface area contributed by atoms with Crippen LogP contribution in [0.5, 0.6) is 0 Å².